The number of aryl methyl sites for hydroxylation is 1. The Balaban J connectivity index is 1.27. The van der Waals surface area contributed by atoms with E-state index in [9.17, 15) is 13.2 Å². The van der Waals surface area contributed by atoms with Crippen LogP contribution in [0.5, 0.6) is 0 Å². The van der Waals surface area contributed by atoms with Gasteiger partial charge in [-0.3, -0.25) is 0 Å². The van der Waals surface area contributed by atoms with Crippen LogP contribution in [0.15, 0.2) is 53.4 Å². The van der Waals surface area contributed by atoms with Crippen molar-refractivity contribution in [3.8, 4) is 0 Å². The molecule has 0 atom stereocenters. The van der Waals surface area contributed by atoms with E-state index in [0.717, 1.165) is 29.7 Å². The molecule has 2 aromatic carbocycles. The monoisotopic (exact) mass is 457 g/mol. The molecule has 1 aliphatic rings. The minimum atomic E-state index is -3.63. The molecule has 0 aliphatic carbocycles. The van der Waals surface area contributed by atoms with Crippen LogP contribution in [-0.2, 0) is 27.7 Å². The van der Waals surface area contributed by atoms with Gasteiger partial charge in [-0.1, -0.05) is 30.3 Å². The van der Waals surface area contributed by atoms with E-state index in [1.165, 1.54) is 4.31 Å². The average Bonchev–Trinajstić information content (AvgIpc) is 3.24. The van der Waals surface area contributed by atoms with Crippen LogP contribution in [0.4, 0.5) is 4.79 Å². The summed E-state index contributed by atoms with van der Waals surface area (Å²) < 4.78 is 32.7. The normalized spacial score (nSPS) is 15.0. The zero-order valence-electron chi connectivity index (χ0n) is 17.7. The number of sulfonamides is 1. The van der Waals surface area contributed by atoms with E-state index in [2.05, 4.69) is 20.6 Å². The van der Waals surface area contributed by atoms with Crippen molar-refractivity contribution in [1.82, 2.24) is 24.9 Å². The van der Waals surface area contributed by atoms with Gasteiger partial charge in [0, 0.05) is 32.6 Å². The topological polar surface area (TPSA) is 116 Å². The summed E-state index contributed by atoms with van der Waals surface area (Å²) in [5.41, 5.74) is 2.48. The lowest BCUT2D eigenvalue weighted by atomic mass is 10.2. The van der Waals surface area contributed by atoms with Crippen molar-refractivity contribution in [2.75, 3.05) is 32.8 Å². The molecular weight excluding hydrogens is 430 g/mol. The molecule has 10 heteroatoms. The molecule has 2 amide bonds. The van der Waals surface area contributed by atoms with Gasteiger partial charge in [-0.25, -0.2) is 18.2 Å². The smallest absolute Gasteiger partial charge is 0.315 e. The highest BCUT2D eigenvalue weighted by Gasteiger charge is 2.28. The number of aromatic nitrogens is 2. The van der Waals surface area contributed by atoms with E-state index in [1.807, 2.05) is 24.3 Å². The Morgan fingerprint density at radius 3 is 2.62 bits per heavy atom. The summed E-state index contributed by atoms with van der Waals surface area (Å²) in [5.74, 6) is 0.885. The second-order valence-electron chi connectivity index (χ2n) is 7.54. The SMILES string of the molecule is O=C(NCCCc1nc2ccccc2[nH]1)NCc1ccccc1S(=O)(=O)N1CCOCC1. The Morgan fingerprint density at radius 2 is 1.81 bits per heavy atom. The maximum Gasteiger partial charge on any atom is 0.315 e. The Bertz CT molecular complexity index is 1140. The van der Waals surface area contributed by atoms with Crippen molar-refractivity contribution >= 4 is 27.1 Å². The number of imidazole rings is 1. The van der Waals surface area contributed by atoms with Crippen LogP contribution >= 0.6 is 0 Å². The van der Waals surface area contributed by atoms with E-state index in [1.54, 1.807) is 24.3 Å². The molecule has 0 radical (unpaired) electrons. The predicted molar refractivity (Wildman–Crippen MR) is 121 cm³/mol. The lowest BCUT2D eigenvalue weighted by Crippen LogP contribution is -2.41. The van der Waals surface area contributed by atoms with Crippen LogP contribution in [0.25, 0.3) is 11.0 Å². The predicted octanol–water partition coefficient (Wildman–Crippen LogP) is 2.02. The maximum absolute atomic E-state index is 13.0. The highest BCUT2D eigenvalue weighted by Crippen LogP contribution is 2.21. The van der Waals surface area contributed by atoms with Crippen LogP contribution in [0, 0.1) is 0 Å². The van der Waals surface area contributed by atoms with Gasteiger partial charge >= 0.3 is 6.03 Å². The summed E-state index contributed by atoms with van der Waals surface area (Å²) in [5, 5.41) is 5.56. The number of H-pyrrole nitrogens is 1. The molecule has 32 heavy (non-hydrogen) atoms. The minimum Gasteiger partial charge on any atom is -0.379 e. The summed E-state index contributed by atoms with van der Waals surface area (Å²) in [6.45, 7) is 2.03. The molecule has 0 saturated carbocycles. The number of fused-ring (bicyclic) bond motifs is 1. The zero-order chi connectivity index (χ0) is 22.4. The number of carbonyl (C=O) groups is 1. The lowest BCUT2D eigenvalue weighted by molar-refractivity contribution is 0.0730. The number of urea groups is 1. The number of nitrogens with one attached hydrogen (secondary N) is 3. The minimum absolute atomic E-state index is 0.120. The van der Waals surface area contributed by atoms with Gasteiger partial charge in [-0.05, 0) is 30.2 Å². The largest absolute Gasteiger partial charge is 0.379 e. The van der Waals surface area contributed by atoms with Gasteiger partial charge in [0.15, 0.2) is 0 Å². The molecule has 3 N–H and O–H groups in total. The van der Waals surface area contributed by atoms with Crippen molar-refractivity contribution in [3.63, 3.8) is 0 Å². The summed E-state index contributed by atoms with van der Waals surface area (Å²) >= 11 is 0. The Morgan fingerprint density at radius 1 is 1.06 bits per heavy atom. The van der Waals surface area contributed by atoms with Crippen molar-refractivity contribution < 1.29 is 17.9 Å². The second-order valence-corrected chi connectivity index (χ2v) is 9.44. The van der Waals surface area contributed by atoms with Gasteiger partial charge in [0.25, 0.3) is 0 Å². The number of carbonyl (C=O) groups excluding carboxylic acids is 1. The number of nitrogens with zero attached hydrogens (tertiary/aromatic N) is 2. The fourth-order valence-corrected chi connectivity index (χ4v) is 5.28. The zero-order valence-corrected chi connectivity index (χ0v) is 18.5. The Labute approximate surface area is 187 Å². The molecule has 2 heterocycles. The van der Waals surface area contributed by atoms with Crippen LogP contribution < -0.4 is 10.6 Å². The van der Waals surface area contributed by atoms with E-state index in [0.29, 0.717) is 38.4 Å². The highest BCUT2D eigenvalue weighted by molar-refractivity contribution is 7.89. The number of rotatable bonds is 8. The third-order valence-corrected chi connectivity index (χ3v) is 7.31. The average molecular weight is 458 g/mol. The number of aromatic amines is 1. The Kier molecular flexibility index (Phi) is 7.03. The summed E-state index contributed by atoms with van der Waals surface area (Å²) in [6, 6.07) is 14.3. The molecule has 1 fully saturated rings. The number of para-hydroxylation sites is 2. The maximum atomic E-state index is 13.0. The second kappa shape index (κ2) is 10.1. The number of hydrogen-bond acceptors (Lipinski definition) is 5. The quantitative estimate of drug-likeness (QED) is 0.448. The summed E-state index contributed by atoms with van der Waals surface area (Å²) in [6.07, 6.45) is 1.45. The molecule has 4 rings (SSSR count). The number of ether oxygens (including phenoxy) is 1. The third kappa shape index (κ3) is 5.26. The van der Waals surface area contributed by atoms with Crippen molar-refractivity contribution in [2.45, 2.75) is 24.3 Å². The lowest BCUT2D eigenvalue weighted by Gasteiger charge is -2.27. The van der Waals surface area contributed by atoms with Crippen molar-refractivity contribution in [1.29, 1.82) is 0 Å². The summed E-state index contributed by atoms with van der Waals surface area (Å²) in [4.78, 5) is 20.2. The number of amides is 2. The van der Waals surface area contributed by atoms with E-state index >= 15 is 0 Å². The molecule has 0 unspecified atom stereocenters. The molecule has 0 bridgehead atoms. The first-order valence-electron chi connectivity index (χ1n) is 10.7. The van der Waals surface area contributed by atoms with Gasteiger partial charge in [0.05, 0.1) is 29.1 Å². The van der Waals surface area contributed by atoms with Crippen molar-refractivity contribution in [3.05, 3.63) is 59.9 Å². The van der Waals surface area contributed by atoms with Crippen LogP contribution in [-0.4, -0.2) is 61.6 Å². The molecule has 170 valence electrons. The van der Waals surface area contributed by atoms with E-state index in [4.69, 9.17) is 4.74 Å². The van der Waals surface area contributed by atoms with Gasteiger partial charge in [-0.2, -0.15) is 4.31 Å². The number of hydrogen-bond donors (Lipinski definition) is 3. The summed E-state index contributed by atoms with van der Waals surface area (Å²) in [7, 11) is -3.63. The van der Waals surface area contributed by atoms with Crippen molar-refractivity contribution in [2.24, 2.45) is 0 Å². The molecule has 0 spiro atoms. The molecule has 1 aliphatic heterocycles. The number of morpholine rings is 1. The fraction of sp³-hybridized carbons (Fsp3) is 0.364. The highest BCUT2D eigenvalue weighted by atomic mass is 32.2. The first kappa shape index (κ1) is 22.3. The molecule has 3 aromatic rings. The first-order valence-corrected chi connectivity index (χ1v) is 12.1. The molecule has 9 nitrogen and oxygen atoms in total. The van der Waals surface area contributed by atoms with Gasteiger partial charge in [-0.15, -0.1) is 0 Å². The third-order valence-electron chi connectivity index (χ3n) is 5.31. The fourth-order valence-electron chi connectivity index (χ4n) is 3.65. The molecular formula is C22H27N5O4S. The van der Waals surface area contributed by atoms with Gasteiger partial charge in [0.1, 0.15) is 5.82 Å². The standard InChI is InChI=1S/C22H27N5O4S/c28-22(23-11-5-10-21-25-18-7-2-3-8-19(18)26-21)24-16-17-6-1-4-9-20(17)32(29,30)27-12-14-31-15-13-27/h1-4,6-9H,5,10-16H2,(H,25,26)(H2,23,24,28). The van der Waals surface area contributed by atoms with Gasteiger partial charge in [0.2, 0.25) is 10.0 Å². The number of benzene rings is 2. The van der Waals surface area contributed by atoms with Crippen LogP contribution in [0.1, 0.15) is 17.8 Å². The van der Waals surface area contributed by atoms with Crippen LogP contribution in [0.2, 0.25) is 0 Å². The van der Waals surface area contributed by atoms with Gasteiger partial charge < -0.3 is 20.4 Å². The molecule has 1 saturated heterocycles. The van der Waals surface area contributed by atoms with E-state index < -0.39 is 10.0 Å². The van der Waals surface area contributed by atoms with Crippen LogP contribution in [0.3, 0.4) is 0 Å². The van der Waals surface area contributed by atoms with E-state index in [-0.39, 0.29) is 17.5 Å². The Hall–Kier alpha value is -2.95. The first-order chi connectivity index (χ1) is 15.5. The molecule has 1 aromatic heterocycles.